The molecule has 1 aromatic carbocycles. The molecule has 2 atom stereocenters. The first-order valence-corrected chi connectivity index (χ1v) is 8.01. The molecule has 0 radical (unpaired) electrons. The third kappa shape index (κ3) is 2.96. The van der Waals surface area contributed by atoms with Gasteiger partial charge in [0.05, 0.1) is 5.41 Å². The summed E-state index contributed by atoms with van der Waals surface area (Å²) in [5.41, 5.74) is -0.798. The van der Waals surface area contributed by atoms with Crippen LogP contribution in [0.4, 0.5) is 14.5 Å². The van der Waals surface area contributed by atoms with Gasteiger partial charge in [0.1, 0.15) is 5.92 Å². The van der Waals surface area contributed by atoms with Crippen LogP contribution in [0.5, 0.6) is 0 Å². The Hall–Kier alpha value is -2.51. The van der Waals surface area contributed by atoms with E-state index in [0.717, 1.165) is 12.1 Å². The molecule has 2 unspecified atom stereocenters. The van der Waals surface area contributed by atoms with E-state index < -0.39 is 40.8 Å². The number of rotatable bonds is 3. The summed E-state index contributed by atoms with van der Waals surface area (Å²) >= 11 is 0. The third-order valence-electron chi connectivity index (χ3n) is 5.02. The number of hydrogen-bond acceptors (Lipinski definition) is 3. The second kappa shape index (κ2) is 6.09. The van der Waals surface area contributed by atoms with E-state index >= 15 is 0 Å². The fourth-order valence-corrected chi connectivity index (χ4v) is 3.36. The number of halogens is 2. The summed E-state index contributed by atoms with van der Waals surface area (Å²) in [5.74, 6) is -4.82. The van der Waals surface area contributed by atoms with E-state index in [2.05, 4.69) is 0 Å². The molecule has 2 aliphatic heterocycles. The molecule has 25 heavy (non-hydrogen) atoms. The molecule has 3 rings (SSSR count). The first kappa shape index (κ1) is 17.3. The van der Waals surface area contributed by atoms with Crippen LogP contribution in [-0.2, 0) is 14.4 Å². The Morgan fingerprint density at radius 2 is 1.96 bits per heavy atom. The standard InChI is InChI=1S/C17H18F2N2O4/c1-17(16(24)25)5-7-20(9-17)14(22)11-4-6-21(15(11)23)10-2-3-12(18)13(19)8-10/h2-3,8,11H,4-7,9H2,1H3,(H,24,25). The first-order chi connectivity index (χ1) is 11.7. The largest absolute Gasteiger partial charge is 0.481 e. The average molecular weight is 352 g/mol. The van der Waals surface area contributed by atoms with E-state index in [-0.39, 0.29) is 31.7 Å². The molecular formula is C17H18F2N2O4. The van der Waals surface area contributed by atoms with Gasteiger partial charge in [-0.1, -0.05) is 0 Å². The smallest absolute Gasteiger partial charge is 0.311 e. The molecule has 2 aliphatic rings. The van der Waals surface area contributed by atoms with Crippen molar-refractivity contribution in [2.75, 3.05) is 24.5 Å². The van der Waals surface area contributed by atoms with E-state index in [9.17, 15) is 28.3 Å². The van der Waals surface area contributed by atoms with Gasteiger partial charge in [0.25, 0.3) is 0 Å². The van der Waals surface area contributed by atoms with Crippen molar-refractivity contribution >= 4 is 23.5 Å². The van der Waals surface area contributed by atoms with Gasteiger partial charge in [-0.25, -0.2) is 8.78 Å². The van der Waals surface area contributed by atoms with Crippen molar-refractivity contribution < 1.29 is 28.3 Å². The molecule has 0 aromatic heterocycles. The van der Waals surface area contributed by atoms with Gasteiger partial charge in [0.15, 0.2) is 11.6 Å². The van der Waals surface area contributed by atoms with Crippen LogP contribution in [-0.4, -0.2) is 47.4 Å². The summed E-state index contributed by atoms with van der Waals surface area (Å²) in [4.78, 5) is 39.1. The zero-order valence-electron chi connectivity index (χ0n) is 13.7. The Labute approximate surface area is 143 Å². The minimum atomic E-state index is -1.06. The van der Waals surface area contributed by atoms with E-state index in [1.165, 1.54) is 15.9 Å². The predicted octanol–water partition coefficient (Wildman–Crippen LogP) is 1.64. The lowest BCUT2D eigenvalue weighted by atomic mass is 9.90. The highest BCUT2D eigenvalue weighted by Crippen LogP contribution is 2.33. The van der Waals surface area contributed by atoms with Crippen molar-refractivity contribution in [2.45, 2.75) is 19.8 Å². The van der Waals surface area contributed by atoms with Gasteiger partial charge in [0.2, 0.25) is 11.8 Å². The number of carbonyl (C=O) groups is 3. The molecule has 2 heterocycles. The first-order valence-electron chi connectivity index (χ1n) is 8.01. The Morgan fingerprint density at radius 1 is 1.24 bits per heavy atom. The van der Waals surface area contributed by atoms with Gasteiger partial charge in [-0.05, 0) is 31.9 Å². The number of amides is 2. The number of aliphatic carboxylic acids is 1. The number of carboxylic acid groups (broad SMARTS) is 1. The van der Waals surface area contributed by atoms with Crippen LogP contribution >= 0.6 is 0 Å². The van der Waals surface area contributed by atoms with Crippen molar-refractivity contribution in [1.82, 2.24) is 4.90 Å². The van der Waals surface area contributed by atoms with Crippen LogP contribution < -0.4 is 4.90 Å². The van der Waals surface area contributed by atoms with Crippen molar-refractivity contribution in [1.29, 1.82) is 0 Å². The molecule has 0 aliphatic carbocycles. The highest BCUT2D eigenvalue weighted by molar-refractivity contribution is 6.09. The highest BCUT2D eigenvalue weighted by atomic mass is 19.2. The summed E-state index contributed by atoms with van der Waals surface area (Å²) in [5, 5.41) is 9.25. The monoisotopic (exact) mass is 352 g/mol. The molecule has 0 spiro atoms. The van der Waals surface area contributed by atoms with E-state index in [1.807, 2.05) is 0 Å². The summed E-state index contributed by atoms with van der Waals surface area (Å²) in [7, 11) is 0. The van der Waals surface area contributed by atoms with E-state index in [4.69, 9.17) is 0 Å². The number of benzene rings is 1. The number of nitrogens with zero attached hydrogens (tertiary/aromatic N) is 2. The van der Waals surface area contributed by atoms with Crippen LogP contribution in [0.15, 0.2) is 18.2 Å². The highest BCUT2D eigenvalue weighted by Gasteiger charge is 2.46. The van der Waals surface area contributed by atoms with Gasteiger partial charge in [0, 0.05) is 31.4 Å². The second-order valence-corrected chi connectivity index (χ2v) is 6.81. The zero-order valence-corrected chi connectivity index (χ0v) is 13.7. The van der Waals surface area contributed by atoms with Crippen LogP contribution in [0.3, 0.4) is 0 Å². The summed E-state index contributed by atoms with van der Waals surface area (Å²) in [6.07, 6.45) is 0.596. The lowest BCUT2D eigenvalue weighted by molar-refractivity contribution is -0.147. The molecule has 2 amide bonds. The molecule has 8 heteroatoms. The SMILES string of the molecule is CC1(C(=O)O)CCN(C(=O)C2CCN(c3ccc(F)c(F)c3)C2=O)C1. The lowest BCUT2D eigenvalue weighted by Gasteiger charge is -2.22. The average Bonchev–Trinajstić information content (AvgIpc) is 3.14. The van der Waals surface area contributed by atoms with Crippen LogP contribution in [0, 0.1) is 23.0 Å². The zero-order chi connectivity index (χ0) is 18.4. The number of carboxylic acids is 1. The van der Waals surface area contributed by atoms with Crippen molar-refractivity contribution in [3.63, 3.8) is 0 Å². The number of anilines is 1. The van der Waals surface area contributed by atoms with E-state index in [0.29, 0.717) is 6.42 Å². The molecule has 134 valence electrons. The minimum absolute atomic E-state index is 0.0656. The van der Waals surface area contributed by atoms with Gasteiger partial charge in [-0.3, -0.25) is 14.4 Å². The molecule has 1 N–H and O–H groups in total. The van der Waals surface area contributed by atoms with Gasteiger partial charge in [-0.15, -0.1) is 0 Å². The van der Waals surface area contributed by atoms with Gasteiger partial charge in [-0.2, -0.15) is 0 Å². The van der Waals surface area contributed by atoms with Crippen molar-refractivity contribution in [3.05, 3.63) is 29.8 Å². The Balaban J connectivity index is 1.73. The maximum Gasteiger partial charge on any atom is 0.311 e. The maximum absolute atomic E-state index is 13.4. The molecule has 1 aromatic rings. The van der Waals surface area contributed by atoms with Crippen LogP contribution in [0.2, 0.25) is 0 Å². The Morgan fingerprint density at radius 3 is 2.56 bits per heavy atom. The Kier molecular flexibility index (Phi) is 4.22. The van der Waals surface area contributed by atoms with E-state index in [1.54, 1.807) is 6.92 Å². The number of carbonyl (C=O) groups excluding carboxylic acids is 2. The minimum Gasteiger partial charge on any atom is -0.481 e. The lowest BCUT2D eigenvalue weighted by Crippen LogP contribution is -2.41. The fourth-order valence-electron chi connectivity index (χ4n) is 3.36. The third-order valence-corrected chi connectivity index (χ3v) is 5.02. The fraction of sp³-hybridized carbons (Fsp3) is 0.471. The normalized spacial score (nSPS) is 26.4. The number of hydrogen-bond donors (Lipinski definition) is 1. The van der Waals surface area contributed by atoms with Gasteiger partial charge >= 0.3 is 5.97 Å². The summed E-state index contributed by atoms with van der Waals surface area (Å²) in [6, 6.07) is 3.16. The molecule has 2 saturated heterocycles. The summed E-state index contributed by atoms with van der Waals surface area (Å²) in [6.45, 7) is 2.16. The molecular weight excluding hydrogens is 334 g/mol. The van der Waals surface area contributed by atoms with Crippen LogP contribution in [0.25, 0.3) is 0 Å². The molecule has 0 bridgehead atoms. The summed E-state index contributed by atoms with van der Waals surface area (Å²) < 4.78 is 26.4. The number of likely N-dealkylation sites (tertiary alicyclic amines) is 1. The van der Waals surface area contributed by atoms with Crippen molar-refractivity contribution in [2.24, 2.45) is 11.3 Å². The second-order valence-electron chi connectivity index (χ2n) is 6.81. The van der Waals surface area contributed by atoms with Gasteiger partial charge < -0.3 is 14.9 Å². The predicted molar refractivity (Wildman–Crippen MR) is 83.8 cm³/mol. The quantitative estimate of drug-likeness (QED) is 0.839. The maximum atomic E-state index is 13.4. The van der Waals surface area contributed by atoms with Crippen molar-refractivity contribution in [3.8, 4) is 0 Å². The van der Waals surface area contributed by atoms with Crippen LogP contribution in [0.1, 0.15) is 19.8 Å². The molecule has 6 nitrogen and oxygen atoms in total. The topological polar surface area (TPSA) is 77.9 Å². The Bertz CT molecular complexity index is 754. The molecule has 2 fully saturated rings. The molecule has 0 saturated carbocycles.